The Morgan fingerprint density at radius 1 is 1.38 bits per heavy atom. The van der Waals surface area contributed by atoms with Crippen molar-refractivity contribution in [2.45, 2.75) is 70.7 Å². The molecular formula is C18H28O6. The molecule has 3 rings (SSSR count). The van der Waals surface area contributed by atoms with Gasteiger partial charge in [0.15, 0.2) is 6.29 Å². The van der Waals surface area contributed by atoms with Crippen LogP contribution in [0.2, 0.25) is 0 Å². The first-order valence-corrected chi connectivity index (χ1v) is 8.55. The Balaban J connectivity index is 2.11. The molecule has 0 spiro atoms. The minimum absolute atomic E-state index is 0.0363. The molecule has 2 N–H and O–H groups in total. The van der Waals surface area contributed by atoms with Gasteiger partial charge in [0.1, 0.15) is 11.7 Å². The van der Waals surface area contributed by atoms with E-state index in [0.717, 1.165) is 12.0 Å². The first kappa shape index (κ1) is 17.9. The molecule has 1 heterocycles. The van der Waals surface area contributed by atoms with E-state index in [2.05, 4.69) is 13.8 Å². The van der Waals surface area contributed by atoms with E-state index in [1.54, 1.807) is 6.08 Å². The highest BCUT2D eigenvalue weighted by Gasteiger charge is 2.75. The van der Waals surface area contributed by atoms with Crippen LogP contribution in [0.3, 0.4) is 0 Å². The van der Waals surface area contributed by atoms with Crippen LogP contribution in [0, 0.1) is 17.3 Å². The number of esters is 1. The van der Waals surface area contributed by atoms with Gasteiger partial charge in [-0.15, -0.1) is 0 Å². The molecule has 6 nitrogen and oxygen atoms in total. The van der Waals surface area contributed by atoms with Crippen molar-refractivity contribution in [3.05, 3.63) is 11.6 Å². The van der Waals surface area contributed by atoms with Gasteiger partial charge in [0, 0.05) is 32.3 Å². The van der Waals surface area contributed by atoms with Crippen LogP contribution in [-0.2, 0) is 19.0 Å². The summed E-state index contributed by atoms with van der Waals surface area (Å²) in [6.45, 7) is 7.44. The lowest BCUT2D eigenvalue weighted by Gasteiger charge is -2.61. The van der Waals surface area contributed by atoms with Gasteiger partial charge in [-0.3, -0.25) is 4.79 Å². The number of hydrogen-bond donors (Lipinski definition) is 2. The summed E-state index contributed by atoms with van der Waals surface area (Å²) in [6.07, 6.45) is 0.0673. The first-order valence-electron chi connectivity index (χ1n) is 8.55. The van der Waals surface area contributed by atoms with Crippen LogP contribution in [0.4, 0.5) is 0 Å². The Labute approximate surface area is 142 Å². The molecule has 2 bridgehead atoms. The number of aliphatic hydroxyl groups excluding tert-OH is 2. The second-order valence-electron chi connectivity index (χ2n) is 8.08. The van der Waals surface area contributed by atoms with E-state index in [4.69, 9.17) is 14.2 Å². The van der Waals surface area contributed by atoms with E-state index in [1.807, 2.05) is 6.92 Å². The zero-order chi connectivity index (χ0) is 17.9. The molecule has 1 unspecified atom stereocenters. The summed E-state index contributed by atoms with van der Waals surface area (Å²) in [4.78, 5) is 11.7. The number of carbonyl (C=O) groups is 1. The van der Waals surface area contributed by atoms with Gasteiger partial charge in [0.2, 0.25) is 0 Å². The number of carbonyl (C=O) groups excluding carboxylic acids is 1. The molecule has 136 valence electrons. The minimum Gasteiger partial charge on any atom is -0.459 e. The topological polar surface area (TPSA) is 85.2 Å². The fraction of sp³-hybridized carbons (Fsp3) is 0.833. The third-order valence-electron chi connectivity index (χ3n) is 6.19. The molecule has 0 aromatic rings. The van der Waals surface area contributed by atoms with Crippen molar-refractivity contribution in [1.82, 2.24) is 0 Å². The summed E-state index contributed by atoms with van der Waals surface area (Å²) in [7, 11) is 1.54. The van der Waals surface area contributed by atoms with Crippen molar-refractivity contribution < 1.29 is 29.2 Å². The summed E-state index contributed by atoms with van der Waals surface area (Å²) >= 11 is 0. The van der Waals surface area contributed by atoms with Gasteiger partial charge in [-0.25, -0.2) is 0 Å². The zero-order valence-electron chi connectivity index (χ0n) is 15.0. The Kier molecular flexibility index (Phi) is 4.31. The fourth-order valence-electron chi connectivity index (χ4n) is 5.27. The molecule has 7 atom stereocenters. The van der Waals surface area contributed by atoms with E-state index in [-0.39, 0.29) is 23.2 Å². The largest absolute Gasteiger partial charge is 0.459 e. The van der Waals surface area contributed by atoms with Crippen molar-refractivity contribution in [3.63, 3.8) is 0 Å². The van der Waals surface area contributed by atoms with Crippen molar-refractivity contribution in [3.8, 4) is 0 Å². The van der Waals surface area contributed by atoms with Gasteiger partial charge in [-0.1, -0.05) is 25.5 Å². The molecule has 2 aliphatic carbocycles. The van der Waals surface area contributed by atoms with Crippen molar-refractivity contribution in [2.75, 3.05) is 7.11 Å². The summed E-state index contributed by atoms with van der Waals surface area (Å²) in [5.74, 6) is -0.766. The van der Waals surface area contributed by atoms with Gasteiger partial charge in [-0.2, -0.15) is 0 Å². The predicted octanol–water partition coefficient (Wildman–Crippen LogP) is 1.39. The van der Waals surface area contributed by atoms with E-state index in [1.165, 1.54) is 14.0 Å². The first-order chi connectivity index (χ1) is 11.1. The minimum atomic E-state index is -1.05. The van der Waals surface area contributed by atoms with Crippen LogP contribution in [0.25, 0.3) is 0 Å². The lowest BCUT2D eigenvalue weighted by molar-refractivity contribution is -0.276. The molecule has 6 heteroatoms. The van der Waals surface area contributed by atoms with E-state index < -0.39 is 30.2 Å². The van der Waals surface area contributed by atoms with Gasteiger partial charge in [-0.05, 0) is 18.8 Å². The third-order valence-corrected chi connectivity index (χ3v) is 6.19. The molecule has 24 heavy (non-hydrogen) atoms. The van der Waals surface area contributed by atoms with Crippen molar-refractivity contribution in [2.24, 2.45) is 17.3 Å². The Morgan fingerprint density at radius 3 is 2.58 bits per heavy atom. The third kappa shape index (κ3) is 2.35. The van der Waals surface area contributed by atoms with Crippen LogP contribution >= 0.6 is 0 Å². The molecule has 1 aliphatic heterocycles. The number of ether oxygens (including phenoxy) is 3. The number of hydrogen-bond acceptors (Lipinski definition) is 6. The van der Waals surface area contributed by atoms with Crippen LogP contribution < -0.4 is 0 Å². The van der Waals surface area contributed by atoms with E-state index in [9.17, 15) is 15.0 Å². The van der Waals surface area contributed by atoms with Gasteiger partial charge >= 0.3 is 5.97 Å². The van der Waals surface area contributed by atoms with E-state index >= 15 is 0 Å². The maximum atomic E-state index is 11.7. The maximum absolute atomic E-state index is 11.7. The second kappa shape index (κ2) is 5.80. The molecule has 0 aromatic heterocycles. The molecule has 3 aliphatic rings. The second-order valence-corrected chi connectivity index (χ2v) is 8.08. The average Bonchev–Trinajstić information content (AvgIpc) is 2.70. The lowest BCUT2D eigenvalue weighted by atomic mass is 9.47. The summed E-state index contributed by atoms with van der Waals surface area (Å²) < 4.78 is 17.3. The standard InChI is InChI=1S/C18H28O6/c1-9-6-12(20)15(22-5)14-11-8-17(3,4)18(11,24-16(14)21)13(7-9)23-10(2)19/h6,11-16,20-21H,7-8H2,1-5H3/b9-6-/t11?,12-,13-,14+,15-,16+,18+/m0/s1. The highest BCUT2D eigenvalue weighted by atomic mass is 16.7. The summed E-state index contributed by atoms with van der Waals surface area (Å²) in [6, 6.07) is 0. The number of rotatable bonds is 2. The van der Waals surface area contributed by atoms with Gasteiger partial charge in [0.05, 0.1) is 12.2 Å². The molecule has 0 aromatic carbocycles. The van der Waals surface area contributed by atoms with E-state index in [0.29, 0.717) is 6.42 Å². The SMILES string of the molecule is CO[C@@H]1[C@H]2C3CC(C)(C)[C@]3(O[C@H]2O)[C@@H](OC(C)=O)C/C(C)=C\[C@@H]1O. The van der Waals surface area contributed by atoms with Crippen LogP contribution in [0.5, 0.6) is 0 Å². The molecular weight excluding hydrogens is 312 g/mol. The average molecular weight is 340 g/mol. The Bertz CT molecular complexity index is 556. The van der Waals surface area contributed by atoms with Crippen LogP contribution in [-0.4, -0.2) is 53.5 Å². The molecule has 1 saturated heterocycles. The van der Waals surface area contributed by atoms with Crippen molar-refractivity contribution >= 4 is 5.97 Å². The molecule has 2 fully saturated rings. The molecule has 0 amide bonds. The normalized spacial score (nSPS) is 48.9. The quantitative estimate of drug-likeness (QED) is 0.584. The zero-order valence-corrected chi connectivity index (χ0v) is 15.0. The highest BCUT2D eigenvalue weighted by Crippen LogP contribution is 2.67. The lowest BCUT2D eigenvalue weighted by Crippen LogP contribution is -2.68. The number of methoxy groups -OCH3 is 1. The predicted molar refractivity (Wildman–Crippen MR) is 85.9 cm³/mol. The van der Waals surface area contributed by atoms with Crippen molar-refractivity contribution in [1.29, 1.82) is 0 Å². The maximum Gasteiger partial charge on any atom is 0.303 e. The Hall–Kier alpha value is -0.950. The molecule has 1 saturated carbocycles. The summed E-state index contributed by atoms with van der Waals surface area (Å²) in [5.41, 5.74) is -0.0997. The summed E-state index contributed by atoms with van der Waals surface area (Å²) in [5, 5.41) is 21.2. The van der Waals surface area contributed by atoms with Gasteiger partial charge in [0.25, 0.3) is 0 Å². The monoisotopic (exact) mass is 340 g/mol. The van der Waals surface area contributed by atoms with Gasteiger partial charge < -0.3 is 24.4 Å². The van der Waals surface area contributed by atoms with Crippen LogP contribution in [0.1, 0.15) is 40.5 Å². The number of aliphatic hydroxyl groups is 2. The fourth-order valence-corrected chi connectivity index (χ4v) is 5.27. The molecule has 0 radical (unpaired) electrons. The highest BCUT2D eigenvalue weighted by molar-refractivity contribution is 5.66. The Morgan fingerprint density at radius 2 is 2.04 bits per heavy atom. The smallest absolute Gasteiger partial charge is 0.303 e. The van der Waals surface area contributed by atoms with Crippen LogP contribution in [0.15, 0.2) is 11.6 Å².